The highest BCUT2D eigenvalue weighted by Crippen LogP contribution is 2.23. The van der Waals surface area contributed by atoms with Gasteiger partial charge in [0.1, 0.15) is 0 Å². The number of unbranched alkanes of at least 4 members (excludes halogenated alkanes) is 5. The first kappa shape index (κ1) is 15.0. The molecule has 0 aromatic rings. The Balaban J connectivity index is 3.48. The van der Waals surface area contributed by atoms with E-state index >= 15 is 0 Å². The lowest BCUT2D eigenvalue weighted by atomic mass is 9.82. The molecule has 0 aliphatic rings. The van der Waals surface area contributed by atoms with Crippen molar-refractivity contribution in [3.05, 3.63) is 0 Å². The summed E-state index contributed by atoms with van der Waals surface area (Å²) in [5, 5.41) is 0. The van der Waals surface area contributed by atoms with Crippen LogP contribution in [-0.4, -0.2) is 5.54 Å². The summed E-state index contributed by atoms with van der Waals surface area (Å²) in [6.45, 7) is 8.99. The standard InChI is InChI=1S/C14H31N/c1-5-7-8-9-10-11-12-14(4,15)13(3)6-2/h13H,5-12,15H2,1-4H3. The van der Waals surface area contributed by atoms with Crippen molar-refractivity contribution in [1.82, 2.24) is 0 Å². The summed E-state index contributed by atoms with van der Waals surface area (Å²) in [7, 11) is 0. The zero-order valence-corrected chi connectivity index (χ0v) is 11.3. The summed E-state index contributed by atoms with van der Waals surface area (Å²) in [4.78, 5) is 0. The fourth-order valence-corrected chi connectivity index (χ4v) is 2.00. The van der Waals surface area contributed by atoms with Crippen molar-refractivity contribution in [3.63, 3.8) is 0 Å². The Morgan fingerprint density at radius 1 is 1.00 bits per heavy atom. The lowest BCUT2D eigenvalue weighted by molar-refractivity contribution is 0.279. The molecule has 0 aromatic carbocycles. The van der Waals surface area contributed by atoms with Crippen molar-refractivity contribution in [1.29, 1.82) is 0 Å². The molecule has 0 amide bonds. The first-order chi connectivity index (χ1) is 7.04. The minimum atomic E-state index is 0.0551. The van der Waals surface area contributed by atoms with Crippen molar-refractivity contribution >= 4 is 0 Å². The molecule has 0 aromatic heterocycles. The molecule has 0 bridgehead atoms. The van der Waals surface area contributed by atoms with Gasteiger partial charge in [-0.2, -0.15) is 0 Å². The Morgan fingerprint density at radius 2 is 1.53 bits per heavy atom. The van der Waals surface area contributed by atoms with Crippen molar-refractivity contribution in [2.75, 3.05) is 0 Å². The largest absolute Gasteiger partial charge is 0.325 e. The van der Waals surface area contributed by atoms with Crippen LogP contribution in [0.4, 0.5) is 0 Å². The molecule has 2 N–H and O–H groups in total. The van der Waals surface area contributed by atoms with Gasteiger partial charge in [0, 0.05) is 5.54 Å². The molecule has 0 aliphatic heterocycles. The molecule has 0 saturated heterocycles. The van der Waals surface area contributed by atoms with Crippen LogP contribution in [0.2, 0.25) is 0 Å². The molecule has 0 aliphatic carbocycles. The van der Waals surface area contributed by atoms with E-state index in [1.54, 1.807) is 0 Å². The normalized spacial score (nSPS) is 17.4. The third kappa shape index (κ3) is 6.94. The number of nitrogens with two attached hydrogens (primary N) is 1. The van der Waals surface area contributed by atoms with E-state index in [0.29, 0.717) is 5.92 Å². The predicted molar refractivity (Wildman–Crippen MR) is 70.0 cm³/mol. The predicted octanol–water partition coefficient (Wildman–Crippen LogP) is 4.50. The molecule has 2 unspecified atom stereocenters. The SMILES string of the molecule is CCCCCCCCC(C)(N)C(C)CC. The van der Waals surface area contributed by atoms with Gasteiger partial charge in [-0.05, 0) is 19.3 Å². The van der Waals surface area contributed by atoms with E-state index in [1.165, 1.54) is 51.4 Å². The van der Waals surface area contributed by atoms with Gasteiger partial charge >= 0.3 is 0 Å². The maximum atomic E-state index is 6.31. The maximum Gasteiger partial charge on any atom is 0.0151 e. The third-order valence-corrected chi connectivity index (χ3v) is 3.81. The minimum absolute atomic E-state index is 0.0551. The minimum Gasteiger partial charge on any atom is -0.325 e. The summed E-state index contributed by atoms with van der Waals surface area (Å²) in [6, 6.07) is 0. The fourth-order valence-electron chi connectivity index (χ4n) is 2.00. The Morgan fingerprint density at radius 3 is 2.07 bits per heavy atom. The molecule has 0 rings (SSSR count). The summed E-state index contributed by atoms with van der Waals surface area (Å²) in [5.74, 6) is 0.646. The van der Waals surface area contributed by atoms with E-state index in [1.807, 2.05) is 0 Å². The van der Waals surface area contributed by atoms with Crippen LogP contribution < -0.4 is 5.73 Å². The Kier molecular flexibility index (Phi) is 8.13. The molecule has 15 heavy (non-hydrogen) atoms. The first-order valence-corrected chi connectivity index (χ1v) is 6.83. The van der Waals surface area contributed by atoms with Crippen molar-refractivity contribution in [2.45, 2.75) is 84.6 Å². The smallest absolute Gasteiger partial charge is 0.0151 e. The van der Waals surface area contributed by atoms with Gasteiger partial charge in [0.2, 0.25) is 0 Å². The first-order valence-electron chi connectivity index (χ1n) is 6.83. The zero-order chi connectivity index (χ0) is 11.7. The van der Waals surface area contributed by atoms with Crippen LogP contribution in [0, 0.1) is 5.92 Å². The van der Waals surface area contributed by atoms with Crippen LogP contribution in [0.15, 0.2) is 0 Å². The fraction of sp³-hybridized carbons (Fsp3) is 1.00. The maximum absolute atomic E-state index is 6.31. The Labute approximate surface area is 96.8 Å². The second-order valence-corrected chi connectivity index (χ2v) is 5.33. The Bertz CT molecular complexity index is 140. The van der Waals surface area contributed by atoms with Crippen LogP contribution >= 0.6 is 0 Å². The summed E-state index contributed by atoms with van der Waals surface area (Å²) in [5.41, 5.74) is 6.37. The highest BCUT2D eigenvalue weighted by molar-refractivity contribution is 4.83. The van der Waals surface area contributed by atoms with Gasteiger partial charge in [0.05, 0.1) is 0 Å². The van der Waals surface area contributed by atoms with Crippen LogP contribution in [0.25, 0.3) is 0 Å². The van der Waals surface area contributed by atoms with Gasteiger partial charge in [-0.3, -0.25) is 0 Å². The molecule has 0 heterocycles. The molecule has 1 heteroatoms. The second kappa shape index (κ2) is 8.15. The average molecular weight is 213 g/mol. The van der Waals surface area contributed by atoms with Crippen molar-refractivity contribution in [2.24, 2.45) is 11.7 Å². The van der Waals surface area contributed by atoms with Gasteiger partial charge in [-0.15, -0.1) is 0 Å². The van der Waals surface area contributed by atoms with Gasteiger partial charge in [0.15, 0.2) is 0 Å². The van der Waals surface area contributed by atoms with E-state index in [2.05, 4.69) is 27.7 Å². The average Bonchev–Trinajstić information content (AvgIpc) is 2.22. The van der Waals surface area contributed by atoms with Gasteiger partial charge < -0.3 is 5.73 Å². The van der Waals surface area contributed by atoms with Crippen LogP contribution in [0.1, 0.15) is 79.1 Å². The lowest BCUT2D eigenvalue weighted by Gasteiger charge is -2.31. The van der Waals surface area contributed by atoms with Gasteiger partial charge in [-0.1, -0.05) is 65.7 Å². The quantitative estimate of drug-likeness (QED) is 0.561. The van der Waals surface area contributed by atoms with Gasteiger partial charge in [-0.25, -0.2) is 0 Å². The van der Waals surface area contributed by atoms with Crippen LogP contribution in [0.5, 0.6) is 0 Å². The summed E-state index contributed by atoms with van der Waals surface area (Å²) >= 11 is 0. The van der Waals surface area contributed by atoms with E-state index in [4.69, 9.17) is 5.73 Å². The number of hydrogen-bond donors (Lipinski definition) is 1. The molecule has 0 saturated carbocycles. The van der Waals surface area contributed by atoms with E-state index < -0.39 is 0 Å². The van der Waals surface area contributed by atoms with Crippen molar-refractivity contribution in [3.8, 4) is 0 Å². The number of hydrogen-bond acceptors (Lipinski definition) is 1. The molecule has 2 atom stereocenters. The van der Waals surface area contributed by atoms with E-state index in [0.717, 1.165) is 0 Å². The Hall–Kier alpha value is -0.0400. The molecular weight excluding hydrogens is 182 g/mol. The van der Waals surface area contributed by atoms with E-state index in [-0.39, 0.29) is 5.54 Å². The zero-order valence-electron chi connectivity index (χ0n) is 11.3. The van der Waals surface area contributed by atoms with Crippen LogP contribution in [0.3, 0.4) is 0 Å². The molecule has 0 spiro atoms. The molecule has 0 radical (unpaired) electrons. The second-order valence-electron chi connectivity index (χ2n) is 5.33. The summed E-state index contributed by atoms with van der Waals surface area (Å²) in [6.07, 6.45) is 10.6. The summed E-state index contributed by atoms with van der Waals surface area (Å²) < 4.78 is 0. The van der Waals surface area contributed by atoms with Gasteiger partial charge in [0.25, 0.3) is 0 Å². The lowest BCUT2D eigenvalue weighted by Crippen LogP contribution is -2.42. The molecule has 92 valence electrons. The van der Waals surface area contributed by atoms with Crippen LogP contribution in [-0.2, 0) is 0 Å². The monoisotopic (exact) mass is 213 g/mol. The molecule has 0 fully saturated rings. The molecular formula is C14H31N. The third-order valence-electron chi connectivity index (χ3n) is 3.81. The van der Waals surface area contributed by atoms with E-state index in [9.17, 15) is 0 Å². The number of rotatable bonds is 9. The van der Waals surface area contributed by atoms with Crippen molar-refractivity contribution < 1.29 is 0 Å². The topological polar surface area (TPSA) is 26.0 Å². The molecule has 1 nitrogen and oxygen atoms in total. The highest BCUT2D eigenvalue weighted by Gasteiger charge is 2.23. The highest BCUT2D eigenvalue weighted by atomic mass is 14.7.